The first kappa shape index (κ1) is 12.3. The van der Waals surface area contributed by atoms with Crippen molar-refractivity contribution >= 4 is 12.6 Å². The van der Waals surface area contributed by atoms with E-state index in [0.717, 1.165) is 25.5 Å². The van der Waals surface area contributed by atoms with Gasteiger partial charge in [0.15, 0.2) is 0 Å². The Morgan fingerprint density at radius 2 is 2.14 bits per heavy atom. The van der Waals surface area contributed by atoms with Gasteiger partial charge in [0.25, 0.3) is 0 Å². The SMILES string of the molecule is CCOCCN(C)CC1(CS)CCC1. The summed E-state index contributed by atoms with van der Waals surface area (Å²) in [6.07, 6.45) is 4.10. The Balaban J connectivity index is 2.15. The topological polar surface area (TPSA) is 12.5 Å². The molecule has 2 nitrogen and oxygen atoms in total. The van der Waals surface area contributed by atoms with Crippen molar-refractivity contribution in [1.82, 2.24) is 4.90 Å². The fourth-order valence-electron chi connectivity index (χ4n) is 2.06. The van der Waals surface area contributed by atoms with Crippen molar-refractivity contribution in [2.45, 2.75) is 26.2 Å². The highest BCUT2D eigenvalue weighted by molar-refractivity contribution is 7.80. The number of hydrogen-bond donors (Lipinski definition) is 1. The molecule has 0 N–H and O–H groups in total. The molecule has 3 heteroatoms. The van der Waals surface area contributed by atoms with Crippen molar-refractivity contribution in [3.8, 4) is 0 Å². The van der Waals surface area contributed by atoms with E-state index in [2.05, 4.69) is 24.6 Å². The van der Waals surface area contributed by atoms with E-state index in [9.17, 15) is 0 Å². The molecule has 0 radical (unpaired) electrons. The third-order valence-corrected chi connectivity index (χ3v) is 3.85. The largest absolute Gasteiger partial charge is 0.380 e. The lowest BCUT2D eigenvalue weighted by atomic mass is 9.70. The summed E-state index contributed by atoms with van der Waals surface area (Å²) >= 11 is 4.46. The molecule has 0 aliphatic heterocycles. The normalized spacial score (nSPS) is 19.7. The van der Waals surface area contributed by atoms with Crippen LogP contribution in [0.4, 0.5) is 0 Å². The second-order valence-electron chi connectivity index (χ2n) is 4.45. The van der Waals surface area contributed by atoms with Crippen LogP contribution in [-0.2, 0) is 4.74 Å². The summed E-state index contributed by atoms with van der Waals surface area (Å²) in [4.78, 5) is 2.38. The Morgan fingerprint density at radius 3 is 2.57 bits per heavy atom. The van der Waals surface area contributed by atoms with Crippen LogP contribution >= 0.6 is 12.6 Å². The lowest BCUT2D eigenvalue weighted by molar-refractivity contribution is 0.0740. The van der Waals surface area contributed by atoms with Crippen molar-refractivity contribution in [1.29, 1.82) is 0 Å². The van der Waals surface area contributed by atoms with Gasteiger partial charge in [-0.2, -0.15) is 12.6 Å². The highest BCUT2D eigenvalue weighted by atomic mass is 32.1. The van der Waals surface area contributed by atoms with E-state index in [1.54, 1.807) is 0 Å². The summed E-state index contributed by atoms with van der Waals surface area (Å²) in [6.45, 7) is 5.95. The molecule has 1 aliphatic rings. The molecule has 1 saturated carbocycles. The molecular formula is C11H23NOS. The first-order chi connectivity index (χ1) is 6.72. The maximum absolute atomic E-state index is 5.34. The van der Waals surface area contributed by atoms with Gasteiger partial charge >= 0.3 is 0 Å². The molecule has 0 unspecified atom stereocenters. The average Bonchev–Trinajstić information content (AvgIpc) is 2.12. The molecule has 1 aliphatic carbocycles. The summed E-state index contributed by atoms with van der Waals surface area (Å²) in [5.41, 5.74) is 0.518. The maximum atomic E-state index is 5.34. The minimum Gasteiger partial charge on any atom is -0.380 e. The molecular weight excluding hydrogens is 194 g/mol. The third kappa shape index (κ3) is 3.44. The molecule has 0 aromatic rings. The standard InChI is InChI=1S/C11H23NOS/c1-3-13-8-7-12(2)9-11(10-14)5-4-6-11/h14H,3-10H2,1-2H3. The number of nitrogens with zero attached hydrogens (tertiary/aromatic N) is 1. The van der Waals surface area contributed by atoms with Crippen molar-refractivity contribution in [2.75, 3.05) is 39.1 Å². The third-order valence-electron chi connectivity index (χ3n) is 3.18. The molecule has 84 valence electrons. The van der Waals surface area contributed by atoms with Crippen LogP contribution in [0.3, 0.4) is 0 Å². The van der Waals surface area contributed by atoms with Gasteiger partial charge < -0.3 is 9.64 Å². The van der Waals surface area contributed by atoms with Crippen LogP contribution in [-0.4, -0.2) is 44.0 Å². The Hall–Kier alpha value is 0.270. The smallest absolute Gasteiger partial charge is 0.0593 e. The van der Waals surface area contributed by atoms with E-state index in [-0.39, 0.29) is 0 Å². The Kier molecular flexibility index (Phi) is 5.28. The molecule has 1 fully saturated rings. The molecule has 0 heterocycles. The number of thiol groups is 1. The van der Waals surface area contributed by atoms with Crippen LogP contribution in [0.1, 0.15) is 26.2 Å². The first-order valence-corrected chi connectivity index (χ1v) is 6.23. The van der Waals surface area contributed by atoms with E-state index >= 15 is 0 Å². The second kappa shape index (κ2) is 5.99. The number of hydrogen-bond acceptors (Lipinski definition) is 3. The van der Waals surface area contributed by atoms with Crippen molar-refractivity contribution in [3.63, 3.8) is 0 Å². The molecule has 0 aromatic carbocycles. The van der Waals surface area contributed by atoms with Crippen LogP contribution in [0.2, 0.25) is 0 Å². The number of likely N-dealkylation sites (N-methyl/N-ethyl adjacent to an activating group) is 1. The predicted octanol–water partition coefficient (Wildman–Crippen LogP) is 2.05. The molecule has 1 rings (SSSR count). The lowest BCUT2D eigenvalue weighted by Gasteiger charge is -2.43. The molecule has 14 heavy (non-hydrogen) atoms. The highest BCUT2D eigenvalue weighted by Gasteiger charge is 2.36. The van der Waals surface area contributed by atoms with E-state index in [1.165, 1.54) is 25.8 Å². The monoisotopic (exact) mass is 217 g/mol. The minimum absolute atomic E-state index is 0.518. The quantitative estimate of drug-likeness (QED) is 0.517. The zero-order valence-corrected chi connectivity index (χ0v) is 10.4. The van der Waals surface area contributed by atoms with Crippen molar-refractivity contribution in [3.05, 3.63) is 0 Å². The van der Waals surface area contributed by atoms with E-state index in [1.807, 2.05) is 6.92 Å². The molecule has 0 aromatic heterocycles. The van der Waals surface area contributed by atoms with Crippen LogP contribution in [0, 0.1) is 5.41 Å². The maximum Gasteiger partial charge on any atom is 0.0593 e. The predicted molar refractivity (Wildman–Crippen MR) is 64.1 cm³/mol. The fourth-order valence-corrected chi connectivity index (χ4v) is 2.48. The first-order valence-electron chi connectivity index (χ1n) is 5.59. The van der Waals surface area contributed by atoms with Crippen LogP contribution < -0.4 is 0 Å². The van der Waals surface area contributed by atoms with Gasteiger partial charge in [0.2, 0.25) is 0 Å². The molecule has 0 amide bonds. The summed E-state index contributed by atoms with van der Waals surface area (Å²) in [7, 11) is 2.18. The van der Waals surface area contributed by atoms with Crippen molar-refractivity contribution < 1.29 is 4.74 Å². The lowest BCUT2D eigenvalue weighted by Crippen LogP contribution is -2.43. The zero-order chi connectivity index (χ0) is 10.4. The van der Waals surface area contributed by atoms with Gasteiger partial charge in [-0.1, -0.05) is 6.42 Å². The second-order valence-corrected chi connectivity index (χ2v) is 4.76. The number of rotatable bonds is 7. The summed E-state index contributed by atoms with van der Waals surface area (Å²) in [6, 6.07) is 0. The summed E-state index contributed by atoms with van der Waals surface area (Å²) in [5, 5.41) is 0. The van der Waals surface area contributed by atoms with Crippen LogP contribution in [0.25, 0.3) is 0 Å². The van der Waals surface area contributed by atoms with Gasteiger partial charge in [0.1, 0.15) is 0 Å². The number of ether oxygens (including phenoxy) is 1. The van der Waals surface area contributed by atoms with Crippen molar-refractivity contribution in [2.24, 2.45) is 5.41 Å². The van der Waals surface area contributed by atoms with Crippen LogP contribution in [0.15, 0.2) is 0 Å². The summed E-state index contributed by atoms with van der Waals surface area (Å²) in [5.74, 6) is 1.03. The highest BCUT2D eigenvalue weighted by Crippen LogP contribution is 2.42. The van der Waals surface area contributed by atoms with E-state index in [0.29, 0.717) is 5.41 Å². The Morgan fingerprint density at radius 1 is 1.43 bits per heavy atom. The van der Waals surface area contributed by atoms with Gasteiger partial charge in [-0.15, -0.1) is 0 Å². The average molecular weight is 217 g/mol. The van der Waals surface area contributed by atoms with Gasteiger partial charge in [-0.3, -0.25) is 0 Å². The van der Waals surface area contributed by atoms with Gasteiger partial charge in [0, 0.05) is 19.7 Å². The van der Waals surface area contributed by atoms with Crippen LogP contribution in [0.5, 0.6) is 0 Å². The van der Waals surface area contributed by atoms with Gasteiger partial charge in [0.05, 0.1) is 6.61 Å². The molecule has 0 spiro atoms. The summed E-state index contributed by atoms with van der Waals surface area (Å²) < 4.78 is 5.34. The van der Waals surface area contributed by atoms with Gasteiger partial charge in [-0.25, -0.2) is 0 Å². The fraction of sp³-hybridized carbons (Fsp3) is 1.00. The van der Waals surface area contributed by atoms with Gasteiger partial charge in [-0.05, 0) is 38.0 Å². The molecule has 0 saturated heterocycles. The zero-order valence-electron chi connectivity index (χ0n) is 9.46. The molecule has 0 bridgehead atoms. The Labute approximate surface area is 93.4 Å². The van der Waals surface area contributed by atoms with E-state index < -0.39 is 0 Å². The molecule has 0 atom stereocenters. The Bertz CT molecular complexity index is 154. The van der Waals surface area contributed by atoms with E-state index in [4.69, 9.17) is 4.74 Å². The minimum atomic E-state index is 0.518.